The van der Waals surface area contributed by atoms with Gasteiger partial charge in [0.15, 0.2) is 0 Å². The van der Waals surface area contributed by atoms with Crippen LogP contribution in [0.5, 0.6) is 5.75 Å². The first kappa shape index (κ1) is 23.6. The zero-order chi connectivity index (χ0) is 25.0. The molecule has 0 aliphatic heterocycles. The molecule has 182 valence electrons. The van der Waals surface area contributed by atoms with Crippen LogP contribution in [-0.4, -0.2) is 25.1 Å². The minimum atomic E-state index is -3.83. The number of methoxy groups -OCH3 is 1. The van der Waals surface area contributed by atoms with E-state index in [2.05, 4.69) is 33.6 Å². The number of imidazole rings is 1. The Kier molecular flexibility index (Phi) is 6.73. The molecule has 0 aliphatic rings. The molecule has 4 aromatic carbocycles. The third kappa shape index (κ3) is 4.97. The molecule has 1 N–H and O–H groups in total. The number of hydrogen-bond donors (Lipinski definition) is 1. The molecule has 0 atom stereocenters. The number of ether oxygens (including phenoxy) is 1. The van der Waals surface area contributed by atoms with Gasteiger partial charge in [-0.1, -0.05) is 72.8 Å². The van der Waals surface area contributed by atoms with Crippen LogP contribution in [0, 0.1) is 0 Å². The van der Waals surface area contributed by atoms with Crippen LogP contribution in [0.4, 0.5) is 5.69 Å². The molecule has 0 bridgehead atoms. The molecule has 36 heavy (non-hydrogen) atoms. The van der Waals surface area contributed by atoms with Crippen LogP contribution in [0.15, 0.2) is 108 Å². The number of nitrogens with one attached hydrogen (secondary N) is 1. The van der Waals surface area contributed by atoms with E-state index >= 15 is 0 Å². The van der Waals surface area contributed by atoms with Crippen molar-refractivity contribution in [2.45, 2.75) is 24.3 Å². The summed E-state index contributed by atoms with van der Waals surface area (Å²) in [5.41, 5.74) is 4.46. The van der Waals surface area contributed by atoms with Gasteiger partial charge in [0, 0.05) is 12.1 Å². The summed E-state index contributed by atoms with van der Waals surface area (Å²) in [7, 11) is -2.38. The van der Waals surface area contributed by atoms with Gasteiger partial charge in [-0.15, -0.1) is 0 Å². The Labute approximate surface area is 211 Å². The smallest absolute Gasteiger partial charge is 0.265 e. The summed E-state index contributed by atoms with van der Waals surface area (Å²) in [6.07, 6.45) is 1.92. The van der Waals surface area contributed by atoms with Gasteiger partial charge < -0.3 is 9.30 Å². The van der Waals surface area contributed by atoms with Gasteiger partial charge in [-0.05, 0) is 48.7 Å². The first-order chi connectivity index (χ1) is 17.5. The molecule has 0 saturated heterocycles. The maximum Gasteiger partial charge on any atom is 0.265 e. The van der Waals surface area contributed by atoms with Gasteiger partial charge in [0.25, 0.3) is 10.0 Å². The SMILES string of the molecule is COc1ccccc1S(=O)(=O)Nc1ccc2c(c1)nc(-c1ccccc1)n2CCCc1ccccc1. The fourth-order valence-corrected chi connectivity index (χ4v) is 5.59. The van der Waals surface area contributed by atoms with Crippen molar-refractivity contribution in [1.82, 2.24) is 9.55 Å². The molecule has 0 aliphatic carbocycles. The van der Waals surface area contributed by atoms with E-state index in [-0.39, 0.29) is 4.90 Å². The van der Waals surface area contributed by atoms with Crippen LogP contribution in [-0.2, 0) is 23.0 Å². The molecule has 0 fully saturated rings. The number of hydrogen-bond acceptors (Lipinski definition) is 4. The average Bonchev–Trinajstić information content (AvgIpc) is 3.27. The number of nitrogens with zero attached hydrogens (tertiary/aromatic N) is 2. The number of sulfonamides is 1. The lowest BCUT2D eigenvalue weighted by molar-refractivity contribution is 0.403. The number of fused-ring (bicyclic) bond motifs is 1. The highest BCUT2D eigenvalue weighted by molar-refractivity contribution is 7.92. The summed E-state index contributed by atoms with van der Waals surface area (Å²) < 4.78 is 36.3. The normalized spacial score (nSPS) is 11.5. The van der Waals surface area contributed by atoms with E-state index in [4.69, 9.17) is 9.72 Å². The van der Waals surface area contributed by atoms with E-state index in [0.717, 1.165) is 41.8 Å². The van der Waals surface area contributed by atoms with Gasteiger partial charge in [0.1, 0.15) is 16.5 Å². The Morgan fingerprint density at radius 2 is 1.56 bits per heavy atom. The molecule has 6 nitrogen and oxygen atoms in total. The van der Waals surface area contributed by atoms with Crippen molar-refractivity contribution in [2.75, 3.05) is 11.8 Å². The highest BCUT2D eigenvalue weighted by atomic mass is 32.2. The van der Waals surface area contributed by atoms with Gasteiger partial charge in [0.2, 0.25) is 0 Å². The van der Waals surface area contributed by atoms with E-state index in [0.29, 0.717) is 11.4 Å². The van der Waals surface area contributed by atoms with Crippen LogP contribution in [0.25, 0.3) is 22.4 Å². The average molecular weight is 498 g/mol. The van der Waals surface area contributed by atoms with Crippen molar-refractivity contribution in [3.05, 3.63) is 109 Å². The van der Waals surface area contributed by atoms with E-state index in [1.165, 1.54) is 18.7 Å². The summed E-state index contributed by atoms with van der Waals surface area (Å²) in [5.74, 6) is 1.16. The van der Waals surface area contributed by atoms with E-state index in [9.17, 15) is 8.42 Å². The summed E-state index contributed by atoms with van der Waals surface area (Å²) in [6.45, 7) is 0.794. The van der Waals surface area contributed by atoms with Gasteiger partial charge in [-0.25, -0.2) is 13.4 Å². The Hall–Kier alpha value is -4.10. The third-order valence-corrected chi connectivity index (χ3v) is 7.50. The summed E-state index contributed by atoms with van der Waals surface area (Å²) in [6, 6.07) is 32.5. The molecule has 0 spiro atoms. The predicted octanol–water partition coefficient (Wildman–Crippen LogP) is 6.15. The van der Waals surface area contributed by atoms with E-state index < -0.39 is 10.0 Å². The second kappa shape index (κ2) is 10.3. The molecule has 1 aromatic heterocycles. The molecule has 0 amide bonds. The molecule has 0 unspecified atom stereocenters. The monoisotopic (exact) mass is 497 g/mol. The maximum atomic E-state index is 13.1. The van der Waals surface area contributed by atoms with Crippen molar-refractivity contribution in [2.24, 2.45) is 0 Å². The number of rotatable bonds is 9. The van der Waals surface area contributed by atoms with Gasteiger partial charge in [0.05, 0.1) is 23.8 Å². The lowest BCUT2D eigenvalue weighted by atomic mass is 10.1. The maximum absolute atomic E-state index is 13.1. The largest absolute Gasteiger partial charge is 0.495 e. The number of benzene rings is 4. The number of anilines is 1. The summed E-state index contributed by atoms with van der Waals surface area (Å²) in [5, 5.41) is 0. The van der Waals surface area contributed by atoms with E-state index in [1.54, 1.807) is 30.3 Å². The summed E-state index contributed by atoms with van der Waals surface area (Å²) >= 11 is 0. The van der Waals surface area contributed by atoms with Crippen molar-refractivity contribution < 1.29 is 13.2 Å². The van der Waals surface area contributed by atoms with Gasteiger partial charge in [-0.2, -0.15) is 0 Å². The first-order valence-electron chi connectivity index (χ1n) is 11.8. The highest BCUT2D eigenvalue weighted by Crippen LogP contribution is 2.30. The number of para-hydroxylation sites is 1. The molecule has 1 heterocycles. The quantitative estimate of drug-likeness (QED) is 0.265. The lowest BCUT2D eigenvalue weighted by Gasteiger charge is -2.12. The van der Waals surface area contributed by atoms with Gasteiger partial charge >= 0.3 is 0 Å². The number of aryl methyl sites for hydroxylation is 2. The first-order valence-corrected chi connectivity index (χ1v) is 13.3. The molecule has 0 radical (unpaired) electrons. The fourth-order valence-electron chi connectivity index (χ4n) is 4.36. The lowest BCUT2D eigenvalue weighted by Crippen LogP contribution is -2.14. The summed E-state index contributed by atoms with van der Waals surface area (Å²) in [4.78, 5) is 5.00. The second-order valence-electron chi connectivity index (χ2n) is 8.50. The van der Waals surface area contributed by atoms with E-state index in [1.807, 2.05) is 42.5 Å². The Bertz CT molecular complexity index is 1580. The van der Waals surface area contributed by atoms with Crippen molar-refractivity contribution >= 4 is 26.7 Å². The van der Waals surface area contributed by atoms with Crippen LogP contribution < -0.4 is 9.46 Å². The Morgan fingerprint density at radius 3 is 2.31 bits per heavy atom. The third-order valence-electron chi connectivity index (χ3n) is 6.08. The standard InChI is InChI=1S/C29H27N3O3S/c1-35-27-16-8-9-17-28(27)36(33,34)31-24-18-19-26-25(21-24)30-29(23-14-6-3-7-15-23)32(26)20-10-13-22-11-4-2-5-12-22/h2-9,11-12,14-19,21,31H,10,13,20H2,1H3. The minimum absolute atomic E-state index is 0.0870. The minimum Gasteiger partial charge on any atom is -0.495 e. The Morgan fingerprint density at radius 1 is 0.861 bits per heavy atom. The molecule has 5 aromatic rings. The van der Waals surface area contributed by atoms with Crippen LogP contribution in [0.2, 0.25) is 0 Å². The van der Waals surface area contributed by atoms with Crippen LogP contribution >= 0.6 is 0 Å². The fraction of sp³-hybridized carbons (Fsp3) is 0.138. The van der Waals surface area contributed by atoms with Crippen molar-refractivity contribution in [1.29, 1.82) is 0 Å². The van der Waals surface area contributed by atoms with Crippen molar-refractivity contribution in [3.63, 3.8) is 0 Å². The van der Waals surface area contributed by atoms with Crippen LogP contribution in [0.3, 0.4) is 0 Å². The molecule has 7 heteroatoms. The molecular formula is C29H27N3O3S. The zero-order valence-electron chi connectivity index (χ0n) is 20.0. The Balaban J connectivity index is 1.48. The molecule has 0 saturated carbocycles. The topological polar surface area (TPSA) is 73.2 Å². The number of aromatic nitrogens is 2. The zero-order valence-corrected chi connectivity index (χ0v) is 20.8. The predicted molar refractivity (Wildman–Crippen MR) is 144 cm³/mol. The molecular weight excluding hydrogens is 470 g/mol. The second-order valence-corrected chi connectivity index (χ2v) is 10.2. The highest BCUT2D eigenvalue weighted by Gasteiger charge is 2.20. The molecule has 5 rings (SSSR count). The van der Waals surface area contributed by atoms with Crippen molar-refractivity contribution in [3.8, 4) is 17.1 Å². The van der Waals surface area contributed by atoms with Gasteiger partial charge in [-0.3, -0.25) is 4.72 Å². The van der Waals surface area contributed by atoms with Crippen LogP contribution in [0.1, 0.15) is 12.0 Å².